The minimum atomic E-state index is -4.61. The van der Waals surface area contributed by atoms with Crippen molar-refractivity contribution in [2.45, 2.75) is 38.1 Å². The maximum absolute atomic E-state index is 13.1. The standard InChI is InChI=1S/C22H17F3N2O3/c23-22(24,25)18-7-13(1-2-15(18)11-26)12-30-17-3-4-19-16(8-17)9-20-14(10-21(28)29)5-6-27(19)20/h1-4,7-9,14H,5-6,10,12H2,(H,28,29). The summed E-state index contributed by atoms with van der Waals surface area (Å²) in [4.78, 5) is 11.1. The Hall–Kier alpha value is -3.47. The number of halogens is 3. The second kappa shape index (κ2) is 7.41. The molecule has 0 spiro atoms. The Morgan fingerprint density at radius 2 is 2.03 bits per heavy atom. The number of ether oxygens (including phenoxy) is 1. The van der Waals surface area contributed by atoms with Gasteiger partial charge >= 0.3 is 12.1 Å². The summed E-state index contributed by atoms with van der Waals surface area (Å²) < 4.78 is 47.1. The van der Waals surface area contributed by atoms with E-state index in [0.29, 0.717) is 11.3 Å². The topological polar surface area (TPSA) is 75.2 Å². The molecule has 1 aliphatic rings. The highest BCUT2D eigenvalue weighted by molar-refractivity contribution is 5.83. The first-order valence-electron chi connectivity index (χ1n) is 9.34. The summed E-state index contributed by atoms with van der Waals surface area (Å²) in [7, 11) is 0. The number of carboxylic acid groups (broad SMARTS) is 1. The third-order valence-electron chi connectivity index (χ3n) is 5.36. The van der Waals surface area contributed by atoms with Gasteiger partial charge in [0.15, 0.2) is 0 Å². The molecule has 154 valence electrons. The van der Waals surface area contributed by atoms with E-state index in [4.69, 9.17) is 15.1 Å². The van der Waals surface area contributed by atoms with Crippen molar-refractivity contribution in [3.05, 3.63) is 64.8 Å². The Balaban J connectivity index is 1.55. The van der Waals surface area contributed by atoms with Crippen LogP contribution in [0, 0.1) is 11.3 Å². The summed E-state index contributed by atoms with van der Waals surface area (Å²) >= 11 is 0. The van der Waals surface area contributed by atoms with E-state index in [9.17, 15) is 18.0 Å². The van der Waals surface area contributed by atoms with E-state index in [1.807, 2.05) is 12.1 Å². The molecular formula is C22H17F3N2O3. The average Bonchev–Trinajstić information content (AvgIpc) is 3.24. The van der Waals surface area contributed by atoms with Crippen LogP contribution in [0.15, 0.2) is 42.5 Å². The molecule has 0 bridgehead atoms. The van der Waals surface area contributed by atoms with E-state index in [-0.39, 0.29) is 18.9 Å². The van der Waals surface area contributed by atoms with Gasteiger partial charge in [0.25, 0.3) is 0 Å². The van der Waals surface area contributed by atoms with Crippen LogP contribution in [0.2, 0.25) is 0 Å². The van der Waals surface area contributed by atoms with Crippen molar-refractivity contribution in [2.24, 2.45) is 0 Å². The number of benzene rings is 2. The molecule has 1 aliphatic heterocycles. The molecule has 1 aromatic heterocycles. The van der Waals surface area contributed by atoms with Crippen LogP contribution in [0.4, 0.5) is 13.2 Å². The number of carboxylic acids is 1. The molecule has 2 aromatic carbocycles. The predicted molar refractivity (Wildman–Crippen MR) is 102 cm³/mol. The lowest BCUT2D eigenvalue weighted by molar-refractivity contribution is -0.138. The van der Waals surface area contributed by atoms with Crippen LogP contribution in [0.25, 0.3) is 10.9 Å². The van der Waals surface area contributed by atoms with Crippen LogP contribution >= 0.6 is 0 Å². The van der Waals surface area contributed by atoms with Gasteiger partial charge in [0.05, 0.1) is 23.6 Å². The van der Waals surface area contributed by atoms with Gasteiger partial charge in [0.2, 0.25) is 0 Å². The lowest BCUT2D eigenvalue weighted by Gasteiger charge is -2.12. The fourth-order valence-corrected chi connectivity index (χ4v) is 3.98. The van der Waals surface area contributed by atoms with Crippen molar-refractivity contribution in [1.29, 1.82) is 5.26 Å². The number of nitrogens with zero attached hydrogens (tertiary/aromatic N) is 2. The van der Waals surface area contributed by atoms with E-state index < -0.39 is 23.3 Å². The van der Waals surface area contributed by atoms with Crippen molar-refractivity contribution < 1.29 is 27.8 Å². The Morgan fingerprint density at radius 3 is 2.73 bits per heavy atom. The molecule has 0 saturated carbocycles. The number of hydrogen-bond acceptors (Lipinski definition) is 3. The number of alkyl halides is 3. The van der Waals surface area contributed by atoms with Crippen molar-refractivity contribution in [2.75, 3.05) is 0 Å². The number of hydrogen-bond donors (Lipinski definition) is 1. The van der Waals surface area contributed by atoms with Crippen LogP contribution in [-0.4, -0.2) is 15.6 Å². The Bertz CT molecular complexity index is 1170. The Kier molecular flexibility index (Phi) is 4.90. The summed E-state index contributed by atoms with van der Waals surface area (Å²) in [5.41, 5.74) is 0.860. The highest BCUT2D eigenvalue weighted by Gasteiger charge is 2.33. The first-order chi connectivity index (χ1) is 14.3. The number of carbonyl (C=O) groups is 1. The minimum absolute atomic E-state index is 0.0290. The fourth-order valence-electron chi connectivity index (χ4n) is 3.98. The second-order valence-electron chi connectivity index (χ2n) is 7.30. The van der Waals surface area contributed by atoms with Gasteiger partial charge in [-0.05, 0) is 48.4 Å². The molecule has 0 radical (unpaired) electrons. The van der Waals surface area contributed by atoms with Gasteiger partial charge in [0, 0.05) is 29.1 Å². The molecule has 1 unspecified atom stereocenters. The van der Waals surface area contributed by atoms with Gasteiger partial charge in [-0.2, -0.15) is 18.4 Å². The monoisotopic (exact) mass is 414 g/mol. The predicted octanol–water partition coefficient (Wildman–Crippen LogP) is 5.07. The summed E-state index contributed by atoms with van der Waals surface area (Å²) in [6.45, 7) is 0.679. The molecule has 3 aromatic rings. The zero-order chi connectivity index (χ0) is 21.5. The van der Waals surface area contributed by atoms with Crippen molar-refractivity contribution in [1.82, 2.24) is 4.57 Å². The van der Waals surface area contributed by atoms with E-state index in [1.54, 1.807) is 18.2 Å². The Labute approximate surface area is 169 Å². The molecule has 30 heavy (non-hydrogen) atoms. The fraction of sp³-hybridized carbons (Fsp3) is 0.273. The molecule has 0 amide bonds. The van der Waals surface area contributed by atoms with Gasteiger partial charge in [-0.1, -0.05) is 6.07 Å². The number of fused-ring (bicyclic) bond motifs is 3. The second-order valence-corrected chi connectivity index (χ2v) is 7.30. The lowest BCUT2D eigenvalue weighted by Crippen LogP contribution is -2.09. The first-order valence-corrected chi connectivity index (χ1v) is 9.34. The highest BCUT2D eigenvalue weighted by atomic mass is 19.4. The molecule has 2 heterocycles. The van der Waals surface area contributed by atoms with E-state index in [1.165, 1.54) is 6.07 Å². The normalized spacial score (nSPS) is 15.7. The van der Waals surface area contributed by atoms with Crippen LogP contribution in [-0.2, 0) is 24.1 Å². The molecule has 4 rings (SSSR count). The van der Waals surface area contributed by atoms with Crippen LogP contribution < -0.4 is 4.74 Å². The first kappa shape index (κ1) is 19.8. The third kappa shape index (κ3) is 3.71. The molecule has 0 aliphatic carbocycles. The molecule has 0 saturated heterocycles. The third-order valence-corrected chi connectivity index (χ3v) is 5.36. The van der Waals surface area contributed by atoms with Gasteiger partial charge in [0.1, 0.15) is 12.4 Å². The molecule has 1 N–H and O–H groups in total. The maximum Gasteiger partial charge on any atom is 0.417 e. The van der Waals surface area contributed by atoms with Crippen LogP contribution in [0.1, 0.15) is 41.1 Å². The van der Waals surface area contributed by atoms with Crippen molar-refractivity contribution in [3.63, 3.8) is 0 Å². The smallest absolute Gasteiger partial charge is 0.417 e. The number of aryl methyl sites for hydroxylation is 1. The largest absolute Gasteiger partial charge is 0.489 e. The summed E-state index contributed by atoms with van der Waals surface area (Å²) in [6, 6.07) is 12.4. The molecule has 1 atom stereocenters. The Morgan fingerprint density at radius 1 is 1.23 bits per heavy atom. The molecule has 5 nitrogen and oxygen atoms in total. The highest BCUT2D eigenvalue weighted by Crippen LogP contribution is 2.37. The quantitative estimate of drug-likeness (QED) is 0.632. The van der Waals surface area contributed by atoms with Gasteiger partial charge in [-0.15, -0.1) is 0 Å². The summed E-state index contributed by atoms with van der Waals surface area (Å²) in [5, 5.41) is 18.9. The summed E-state index contributed by atoms with van der Waals surface area (Å²) in [6.07, 6.45) is -3.74. The zero-order valence-corrected chi connectivity index (χ0v) is 15.7. The lowest BCUT2D eigenvalue weighted by atomic mass is 10.0. The molecule has 0 fully saturated rings. The minimum Gasteiger partial charge on any atom is -0.489 e. The molecule has 8 heteroatoms. The average molecular weight is 414 g/mol. The number of aliphatic carboxylic acids is 1. The maximum atomic E-state index is 13.1. The number of nitriles is 1. The number of rotatable bonds is 5. The van der Waals surface area contributed by atoms with Crippen LogP contribution in [0.5, 0.6) is 5.75 Å². The van der Waals surface area contributed by atoms with Gasteiger partial charge in [-0.25, -0.2) is 0 Å². The summed E-state index contributed by atoms with van der Waals surface area (Å²) in [5.74, 6) is -0.360. The van der Waals surface area contributed by atoms with Crippen LogP contribution in [0.3, 0.4) is 0 Å². The molecular weight excluding hydrogens is 397 g/mol. The van der Waals surface area contributed by atoms with Crippen molar-refractivity contribution >= 4 is 16.9 Å². The van der Waals surface area contributed by atoms with Gasteiger partial charge < -0.3 is 14.4 Å². The van der Waals surface area contributed by atoms with Gasteiger partial charge in [-0.3, -0.25) is 4.79 Å². The number of aromatic nitrogens is 1. The SMILES string of the molecule is N#Cc1ccc(COc2ccc3c(c2)cc2n3CCC2CC(=O)O)cc1C(F)(F)F. The zero-order valence-electron chi connectivity index (χ0n) is 15.7. The van der Waals surface area contributed by atoms with E-state index >= 15 is 0 Å². The van der Waals surface area contributed by atoms with E-state index in [0.717, 1.165) is 41.7 Å². The van der Waals surface area contributed by atoms with Crippen molar-refractivity contribution in [3.8, 4) is 11.8 Å². The van der Waals surface area contributed by atoms with E-state index in [2.05, 4.69) is 4.57 Å².